The molecular weight excluding hydrogens is 284 g/mol. The summed E-state index contributed by atoms with van der Waals surface area (Å²) in [6, 6.07) is 0. The molecule has 0 aromatic heterocycles. The second-order valence-electron chi connectivity index (χ2n) is 8.22. The maximum absolute atomic E-state index is 10.7. The van der Waals surface area contributed by atoms with Crippen molar-refractivity contribution in [2.24, 2.45) is 17.8 Å². The van der Waals surface area contributed by atoms with Gasteiger partial charge in [0.05, 0.1) is 23.4 Å². The zero-order valence-electron chi connectivity index (χ0n) is 15.1. The van der Waals surface area contributed by atoms with Crippen LogP contribution in [-0.2, 0) is 4.74 Å². The largest absolute Gasteiger partial charge is 0.512 e. The van der Waals surface area contributed by atoms with E-state index in [-0.39, 0.29) is 17.6 Å². The molecule has 2 nitrogen and oxygen atoms in total. The molecule has 0 amide bonds. The van der Waals surface area contributed by atoms with Crippen molar-refractivity contribution in [1.82, 2.24) is 0 Å². The Morgan fingerprint density at radius 2 is 2.04 bits per heavy atom. The van der Waals surface area contributed by atoms with Gasteiger partial charge in [0.15, 0.2) is 0 Å². The maximum Gasteiger partial charge on any atom is 0.0991 e. The molecule has 23 heavy (non-hydrogen) atoms. The van der Waals surface area contributed by atoms with E-state index in [9.17, 15) is 5.11 Å². The third kappa shape index (κ3) is 3.28. The lowest BCUT2D eigenvalue weighted by molar-refractivity contribution is -0.170. The zero-order chi connectivity index (χ0) is 16.6. The lowest BCUT2D eigenvalue weighted by Gasteiger charge is -2.52. The summed E-state index contributed by atoms with van der Waals surface area (Å²) in [4.78, 5) is 0. The number of hydrogen-bond acceptors (Lipinski definition) is 2. The standard InChI is InChI=1S/C21H32O2/c1-5-6-7-8-15-12-18(22)20-16-11-14(2)9-10-17(16)21(3,4)23-19(20)13-15/h11-13,16-17,19-20,22H,5-10H2,1-4H3. The average molecular weight is 316 g/mol. The Balaban J connectivity index is 1.86. The van der Waals surface area contributed by atoms with E-state index in [1.54, 1.807) is 0 Å². The molecular formula is C21H32O2. The van der Waals surface area contributed by atoms with Gasteiger partial charge in [-0.15, -0.1) is 0 Å². The van der Waals surface area contributed by atoms with Crippen LogP contribution in [0.25, 0.3) is 0 Å². The SMILES string of the molecule is CCCCCC1=CC2OC(C)(C)C3CCC(C)=CC3C2C(O)=C1. The molecule has 1 N–H and O–H groups in total. The van der Waals surface area contributed by atoms with Gasteiger partial charge in [-0.05, 0) is 69.9 Å². The van der Waals surface area contributed by atoms with Crippen LogP contribution < -0.4 is 0 Å². The van der Waals surface area contributed by atoms with Gasteiger partial charge < -0.3 is 9.84 Å². The van der Waals surface area contributed by atoms with E-state index >= 15 is 0 Å². The van der Waals surface area contributed by atoms with Crippen LogP contribution in [0, 0.1) is 17.8 Å². The van der Waals surface area contributed by atoms with Gasteiger partial charge in [0.25, 0.3) is 0 Å². The molecule has 0 radical (unpaired) electrons. The second-order valence-corrected chi connectivity index (χ2v) is 8.22. The van der Waals surface area contributed by atoms with Crippen LogP contribution in [-0.4, -0.2) is 16.8 Å². The molecule has 3 rings (SSSR count). The summed E-state index contributed by atoms with van der Waals surface area (Å²) in [5, 5.41) is 10.7. The normalized spacial score (nSPS) is 35.6. The van der Waals surface area contributed by atoms with Crippen LogP contribution in [0.4, 0.5) is 0 Å². The predicted octanol–water partition coefficient (Wildman–Crippen LogP) is 5.71. The fraction of sp³-hybridized carbons (Fsp3) is 0.714. The molecule has 4 atom stereocenters. The van der Waals surface area contributed by atoms with Crippen LogP contribution in [0.15, 0.2) is 35.1 Å². The van der Waals surface area contributed by atoms with Crippen LogP contribution >= 0.6 is 0 Å². The summed E-state index contributed by atoms with van der Waals surface area (Å²) >= 11 is 0. The van der Waals surface area contributed by atoms with Gasteiger partial charge >= 0.3 is 0 Å². The quantitative estimate of drug-likeness (QED) is 0.531. The number of rotatable bonds is 4. The van der Waals surface area contributed by atoms with E-state index < -0.39 is 0 Å². The van der Waals surface area contributed by atoms with Crippen molar-refractivity contribution in [3.8, 4) is 0 Å². The molecule has 2 aliphatic carbocycles. The highest BCUT2D eigenvalue weighted by Crippen LogP contribution is 2.51. The molecule has 3 aliphatic rings. The summed E-state index contributed by atoms with van der Waals surface area (Å²) < 4.78 is 6.48. The van der Waals surface area contributed by atoms with Gasteiger partial charge in [-0.25, -0.2) is 0 Å². The molecule has 1 saturated heterocycles. The number of hydrogen-bond donors (Lipinski definition) is 1. The van der Waals surface area contributed by atoms with E-state index in [0.717, 1.165) is 12.8 Å². The van der Waals surface area contributed by atoms with E-state index in [1.165, 1.54) is 36.8 Å². The highest BCUT2D eigenvalue weighted by atomic mass is 16.5. The van der Waals surface area contributed by atoms with Crippen LogP contribution in [0.3, 0.4) is 0 Å². The number of ether oxygens (including phenoxy) is 1. The summed E-state index contributed by atoms with van der Waals surface area (Å²) in [7, 11) is 0. The minimum atomic E-state index is -0.119. The van der Waals surface area contributed by atoms with Gasteiger partial charge in [-0.1, -0.05) is 37.5 Å². The van der Waals surface area contributed by atoms with Crippen molar-refractivity contribution in [3.63, 3.8) is 0 Å². The fourth-order valence-electron chi connectivity index (χ4n) is 4.78. The molecule has 0 aromatic rings. The summed E-state index contributed by atoms with van der Waals surface area (Å²) in [5.74, 6) is 1.55. The average Bonchev–Trinajstić information content (AvgIpc) is 2.46. The highest BCUT2D eigenvalue weighted by Gasteiger charge is 2.51. The third-order valence-electron chi connectivity index (χ3n) is 6.01. The monoisotopic (exact) mass is 316 g/mol. The number of fused-ring (bicyclic) bond motifs is 3. The Morgan fingerprint density at radius 3 is 2.78 bits per heavy atom. The molecule has 0 saturated carbocycles. The van der Waals surface area contributed by atoms with Crippen molar-refractivity contribution in [2.45, 2.75) is 77.9 Å². The van der Waals surface area contributed by atoms with Gasteiger partial charge in [0.2, 0.25) is 0 Å². The van der Waals surface area contributed by atoms with E-state index in [1.807, 2.05) is 6.08 Å². The van der Waals surface area contributed by atoms with Crippen LogP contribution in [0.2, 0.25) is 0 Å². The number of aliphatic hydroxyl groups excluding tert-OH is 1. The first kappa shape index (κ1) is 16.8. The van der Waals surface area contributed by atoms with Crippen molar-refractivity contribution >= 4 is 0 Å². The topological polar surface area (TPSA) is 29.5 Å². The molecule has 0 spiro atoms. The van der Waals surface area contributed by atoms with E-state index in [2.05, 4.69) is 39.8 Å². The summed E-state index contributed by atoms with van der Waals surface area (Å²) in [6.45, 7) is 8.91. The molecule has 0 bridgehead atoms. The minimum Gasteiger partial charge on any atom is -0.512 e. The molecule has 4 unspecified atom stereocenters. The lowest BCUT2D eigenvalue weighted by atomic mass is 9.63. The Kier molecular flexibility index (Phi) is 4.73. The molecule has 1 fully saturated rings. The molecule has 0 aromatic carbocycles. The molecule has 1 heterocycles. The number of allylic oxidation sites excluding steroid dienone is 4. The first-order chi connectivity index (χ1) is 10.9. The maximum atomic E-state index is 10.7. The zero-order valence-corrected chi connectivity index (χ0v) is 15.1. The van der Waals surface area contributed by atoms with Crippen molar-refractivity contribution in [3.05, 3.63) is 35.1 Å². The first-order valence-electron chi connectivity index (χ1n) is 9.38. The van der Waals surface area contributed by atoms with E-state index in [4.69, 9.17) is 4.74 Å². The van der Waals surface area contributed by atoms with Crippen molar-refractivity contribution in [1.29, 1.82) is 0 Å². The predicted molar refractivity (Wildman–Crippen MR) is 95.3 cm³/mol. The Labute approximate surface area is 141 Å². The van der Waals surface area contributed by atoms with Crippen LogP contribution in [0.1, 0.15) is 66.2 Å². The van der Waals surface area contributed by atoms with Crippen molar-refractivity contribution in [2.75, 3.05) is 0 Å². The van der Waals surface area contributed by atoms with Gasteiger partial charge in [0.1, 0.15) is 0 Å². The second kappa shape index (κ2) is 6.47. The Morgan fingerprint density at radius 1 is 1.26 bits per heavy atom. The van der Waals surface area contributed by atoms with Gasteiger partial charge in [-0.2, -0.15) is 0 Å². The van der Waals surface area contributed by atoms with E-state index in [0.29, 0.717) is 17.6 Å². The summed E-state index contributed by atoms with van der Waals surface area (Å²) in [6.07, 6.45) is 13.8. The smallest absolute Gasteiger partial charge is 0.0991 e. The minimum absolute atomic E-state index is 0.0232. The number of unbranched alkanes of at least 4 members (excludes halogenated alkanes) is 2. The van der Waals surface area contributed by atoms with Crippen molar-refractivity contribution < 1.29 is 9.84 Å². The van der Waals surface area contributed by atoms with Crippen LogP contribution in [0.5, 0.6) is 0 Å². The van der Waals surface area contributed by atoms with Gasteiger partial charge in [-0.3, -0.25) is 0 Å². The molecule has 2 heteroatoms. The Hall–Kier alpha value is -1.02. The first-order valence-corrected chi connectivity index (χ1v) is 9.38. The van der Waals surface area contributed by atoms with Gasteiger partial charge in [0, 0.05) is 0 Å². The molecule has 128 valence electrons. The number of aliphatic hydroxyl groups is 1. The lowest BCUT2D eigenvalue weighted by Crippen LogP contribution is -2.54. The summed E-state index contributed by atoms with van der Waals surface area (Å²) in [5.41, 5.74) is 2.60. The Bertz CT molecular complexity index is 538. The molecule has 1 aliphatic heterocycles. The third-order valence-corrected chi connectivity index (χ3v) is 6.01. The highest BCUT2D eigenvalue weighted by molar-refractivity contribution is 5.33. The fourth-order valence-corrected chi connectivity index (χ4v) is 4.78.